The Morgan fingerprint density at radius 1 is 1.53 bits per heavy atom. The number of rotatable bonds is 3. The normalized spacial score (nSPS) is 17.0. The van der Waals surface area contributed by atoms with Crippen LogP contribution in [-0.4, -0.2) is 33.4 Å². The van der Waals surface area contributed by atoms with E-state index in [1.165, 1.54) is 11.8 Å². The molecule has 0 saturated carbocycles. The van der Waals surface area contributed by atoms with Crippen LogP contribution in [0.3, 0.4) is 0 Å². The van der Waals surface area contributed by atoms with Crippen molar-refractivity contribution in [3.63, 3.8) is 0 Å². The molecule has 0 radical (unpaired) electrons. The summed E-state index contributed by atoms with van der Waals surface area (Å²) < 4.78 is 5.23. The van der Waals surface area contributed by atoms with Crippen LogP contribution in [0, 0.1) is 10.1 Å². The number of hydrogen-bond donors (Lipinski definition) is 0. The van der Waals surface area contributed by atoms with Crippen molar-refractivity contribution in [2.75, 3.05) is 13.2 Å². The second kappa shape index (κ2) is 5.61. The molecule has 2 rings (SSSR count). The first-order valence-corrected chi connectivity index (χ1v) is 6.34. The summed E-state index contributed by atoms with van der Waals surface area (Å²) in [5.74, 6) is 0. The molecule has 1 aliphatic heterocycles. The van der Waals surface area contributed by atoms with Gasteiger partial charge in [-0.3, -0.25) is 10.1 Å². The van der Waals surface area contributed by atoms with Crippen molar-refractivity contribution >= 4 is 29.1 Å². The van der Waals surface area contributed by atoms with Gasteiger partial charge in [0.1, 0.15) is 6.20 Å². The summed E-state index contributed by atoms with van der Waals surface area (Å²) in [7, 11) is 0. The molecule has 0 aromatic carbocycles. The van der Waals surface area contributed by atoms with E-state index in [0.29, 0.717) is 18.2 Å². The third-order valence-electron chi connectivity index (χ3n) is 2.35. The standard InChI is InChI=1S/C9H10ClN3O3S/c10-9-11-5-7(13(14)15)8(12-9)17-6-1-3-16-4-2-6/h5-6H,1-4H2. The fourth-order valence-electron chi connectivity index (χ4n) is 1.50. The predicted molar refractivity (Wildman–Crippen MR) is 63.4 cm³/mol. The van der Waals surface area contributed by atoms with Crippen molar-refractivity contribution in [1.82, 2.24) is 9.97 Å². The van der Waals surface area contributed by atoms with Crippen LogP contribution in [0.4, 0.5) is 5.69 Å². The molecule has 0 atom stereocenters. The Labute approximate surface area is 107 Å². The van der Waals surface area contributed by atoms with E-state index >= 15 is 0 Å². The maximum atomic E-state index is 10.8. The molecule has 1 aliphatic rings. The maximum absolute atomic E-state index is 10.8. The lowest BCUT2D eigenvalue weighted by Gasteiger charge is -2.20. The summed E-state index contributed by atoms with van der Waals surface area (Å²) in [5.41, 5.74) is -0.0918. The van der Waals surface area contributed by atoms with Crippen molar-refractivity contribution < 1.29 is 9.66 Å². The fourth-order valence-corrected chi connectivity index (χ4v) is 2.82. The smallest absolute Gasteiger partial charge is 0.319 e. The Bertz CT molecular complexity index is 426. The number of thioether (sulfide) groups is 1. The van der Waals surface area contributed by atoms with Gasteiger partial charge in [0.25, 0.3) is 0 Å². The molecule has 0 spiro atoms. The van der Waals surface area contributed by atoms with Gasteiger partial charge in [-0.1, -0.05) is 11.8 Å². The van der Waals surface area contributed by atoms with Crippen LogP contribution in [0.1, 0.15) is 12.8 Å². The number of nitro groups is 1. The second-order valence-electron chi connectivity index (χ2n) is 3.52. The van der Waals surface area contributed by atoms with E-state index in [-0.39, 0.29) is 16.2 Å². The van der Waals surface area contributed by atoms with E-state index in [1.807, 2.05) is 0 Å². The van der Waals surface area contributed by atoms with Gasteiger partial charge >= 0.3 is 5.69 Å². The lowest BCUT2D eigenvalue weighted by atomic mass is 10.2. The van der Waals surface area contributed by atoms with Gasteiger partial charge in [0.15, 0.2) is 5.03 Å². The summed E-state index contributed by atoms with van der Waals surface area (Å²) >= 11 is 7.03. The van der Waals surface area contributed by atoms with Crippen molar-refractivity contribution in [3.05, 3.63) is 21.6 Å². The van der Waals surface area contributed by atoms with Crippen LogP contribution >= 0.6 is 23.4 Å². The lowest BCUT2D eigenvalue weighted by Crippen LogP contribution is -2.17. The van der Waals surface area contributed by atoms with E-state index in [2.05, 4.69) is 9.97 Å². The molecule has 1 fully saturated rings. The van der Waals surface area contributed by atoms with Gasteiger partial charge in [-0.25, -0.2) is 9.97 Å². The molecule has 0 bridgehead atoms. The molecule has 2 heterocycles. The fraction of sp³-hybridized carbons (Fsp3) is 0.556. The first-order valence-electron chi connectivity index (χ1n) is 5.08. The Morgan fingerprint density at radius 2 is 2.24 bits per heavy atom. The van der Waals surface area contributed by atoms with Crippen LogP contribution in [0.2, 0.25) is 5.28 Å². The van der Waals surface area contributed by atoms with Crippen LogP contribution in [0.25, 0.3) is 0 Å². The number of hydrogen-bond acceptors (Lipinski definition) is 6. The minimum atomic E-state index is -0.488. The predicted octanol–water partition coefficient (Wildman–Crippen LogP) is 2.31. The molecule has 0 amide bonds. The van der Waals surface area contributed by atoms with E-state index in [9.17, 15) is 10.1 Å². The highest BCUT2D eigenvalue weighted by Gasteiger charge is 2.23. The van der Waals surface area contributed by atoms with E-state index in [1.54, 1.807) is 0 Å². The van der Waals surface area contributed by atoms with Gasteiger partial charge in [0.05, 0.1) is 4.92 Å². The largest absolute Gasteiger partial charge is 0.381 e. The lowest BCUT2D eigenvalue weighted by molar-refractivity contribution is -0.388. The third kappa shape index (κ3) is 3.27. The molecular weight excluding hydrogens is 266 g/mol. The van der Waals surface area contributed by atoms with Crippen molar-refractivity contribution in [1.29, 1.82) is 0 Å². The molecule has 1 saturated heterocycles. The Balaban J connectivity index is 2.17. The number of halogens is 1. The Hall–Kier alpha value is -0.920. The number of aromatic nitrogens is 2. The minimum absolute atomic E-state index is 0.0326. The summed E-state index contributed by atoms with van der Waals surface area (Å²) in [4.78, 5) is 17.9. The monoisotopic (exact) mass is 275 g/mol. The van der Waals surface area contributed by atoms with E-state index < -0.39 is 4.92 Å². The molecule has 1 aromatic rings. The number of nitrogens with zero attached hydrogens (tertiary/aromatic N) is 3. The van der Waals surface area contributed by atoms with Crippen LogP contribution in [-0.2, 0) is 4.74 Å². The van der Waals surface area contributed by atoms with Crippen molar-refractivity contribution in [3.8, 4) is 0 Å². The van der Waals surface area contributed by atoms with Gasteiger partial charge in [-0.05, 0) is 24.4 Å². The van der Waals surface area contributed by atoms with Crippen molar-refractivity contribution in [2.24, 2.45) is 0 Å². The SMILES string of the molecule is O=[N+]([O-])c1cnc(Cl)nc1SC1CCOCC1. The zero-order valence-electron chi connectivity index (χ0n) is 8.84. The van der Waals surface area contributed by atoms with Gasteiger partial charge < -0.3 is 4.74 Å². The molecular formula is C9H10ClN3O3S. The first kappa shape index (κ1) is 12.5. The van der Waals surface area contributed by atoms with Crippen LogP contribution in [0.5, 0.6) is 0 Å². The Kier molecular flexibility index (Phi) is 4.14. The summed E-state index contributed by atoms with van der Waals surface area (Å²) in [6.07, 6.45) is 2.88. The average molecular weight is 276 g/mol. The second-order valence-corrected chi connectivity index (χ2v) is 5.14. The zero-order valence-corrected chi connectivity index (χ0v) is 10.4. The maximum Gasteiger partial charge on any atom is 0.319 e. The topological polar surface area (TPSA) is 78.2 Å². The molecule has 1 aromatic heterocycles. The average Bonchev–Trinajstić information content (AvgIpc) is 2.30. The molecule has 0 aliphatic carbocycles. The molecule has 92 valence electrons. The van der Waals surface area contributed by atoms with Crippen LogP contribution in [0.15, 0.2) is 11.2 Å². The Morgan fingerprint density at radius 3 is 2.88 bits per heavy atom. The number of ether oxygens (including phenoxy) is 1. The van der Waals surface area contributed by atoms with Crippen LogP contribution < -0.4 is 0 Å². The summed E-state index contributed by atoms with van der Waals surface area (Å²) in [6, 6.07) is 0. The van der Waals surface area contributed by atoms with E-state index in [4.69, 9.17) is 16.3 Å². The highest BCUT2D eigenvalue weighted by molar-refractivity contribution is 8.00. The van der Waals surface area contributed by atoms with E-state index in [0.717, 1.165) is 19.0 Å². The van der Waals surface area contributed by atoms with Crippen molar-refractivity contribution in [2.45, 2.75) is 23.1 Å². The van der Waals surface area contributed by atoms with Gasteiger partial charge in [-0.2, -0.15) is 0 Å². The van der Waals surface area contributed by atoms with Gasteiger partial charge in [0.2, 0.25) is 5.28 Å². The van der Waals surface area contributed by atoms with Gasteiger partial charge in [-0.15, -0.1) is 0 Å². The highest BCUT2D eigenvalue weighted by atomic mass is 35.5. The quantitative estimate of drug-likeness (QED) is 0.364. The third-order valence-corrected chi connectivity index (χ3v) is 3.86. The molecule has 6 nitrogen and oxygen atoms in total. The molecule has 8 heteroatoms. The molecule has 0 N–H and O–H groups in total. The van der Waals surface area contributed by atoms with Gasteiger partial charge in [0, 0.05) is 18.5 Å². The summed E-state index contributed by atoms with van der Waals surface area (Å²) in [6.45, 7) is 1.37. The minimum Gasteiger partial charge on any atom is -0.381 e. The molecule has 0 unspecified atom stereocenters. The highest BCUT2D eigenvalue weighted by Crippen LogP contribution is 2.34. The molecule has 17 heavy (non-hydrogen) atoms. The zero-order chi connectivity index (χ0) is 12.3. The summed E-state index contributed by atoms with van der Waals surface area (Å²) in [5, 5.41) is 11.5. The first-order chi connectivity index (χ1) is 8.16.